The number of aromatic nitrogens is 1. The number of nitrogens with two attached hydrogens (primary N) is 1. The van der Waals surface area contributed by atoms with Crippen LogP contribution in [0.4, 0.5) is 9.59 Å². The first-order valence-electron chi connectivity index (χ1n) is 17.4. The van der Waals surface area contributed by atoms with E-state index in [1.54, 1.807) is 26.0 Å². The fourth-order valence-corrected chi connectivity index (χ4v) is 5.13. The van der Waals surface area contributed by atoms with Gasteiger partial charge in [0.2, 0.25) is 6.29 Å². The minimum Gasteiger partial charge on any atom is -0.445 e. The summed E-state index contributed by atoms with van der Waals surface area (Å²) in [6.45, 7) is 7.25. The first-order valence-corrected chi connectivity index (χ1v) is 17.4. The molecular weight excluding hydrogens is 716 g/mol. The fraction of sp³-hybridized carbons (Fsp3) is 0.359. The lowest BCUT2D eigenvalue weighted by Crippen LogP contribution is -2.28. The van der Waals surface area contributed by atoms with E-state index in [2.05, 4.69) is 21.9 Å². The van der Waals surface area contributed by atoms with Gasteiger partial charge in [0.15, 0.2) is 11.5 Å². The van der Waals surface area contributed by atoms with E-state index in [0.29, 0.717) is 34.7 Å². The number of amides is 2. The number of carbonyl (C=O) groups is 5. The Morgan fingerprint density at radius 3 is 2.33 bits per heavy atom. The van der Waals surface area contributed by atoms with Crippen molar-refractivity contribution in [1.82, 2.24) is 10.3 Å². The number of hydrogen-bond acceptors (Lipinski definition) is 13. The Kier molecular flexibility index (Phi) is 14.7. The average Bonchev–Trinajstić information content (AvgIpc) is 3.99. The van der Waals surface area contributed by atoms with Gasteiger partial charge in [0.25, 0.3) is 5.91 Å². The molecule has 1 heterocycles. The Labute approximate surface area is 317 Å². The van der Waals surface area contributed by atoms with Gasteiger partial charge in [-0.2, -0.15) is 4.99 Å². The highest BCUT2D eigenvalue weighted by Crippen LogP contribution is 2.33. The third-order valence-corrected chi connectivity index (χ3v) is 8.13. The van der Waals surface area contributed by atoms with Crippen LogP contribution in [0.2, 0.25) is 0 Å². The molecule has 0 spiro atoms. The lowest BCUT2D eigenvalue weighted by atomic mass is 9.89. The number of nitrogens with zero attached hydrogens (tertiary/aromatic N) is 2. The Balaban J connectivity index is 1.69. The number of aliphatic hydroxyl groups excluding tert-OH is 3. The number of benzene rings is 2. The van der Waals surface area contributed by atoms with Crippen molar-refractivity contribution in [3.05, 3.63) is 94.3 Å². The number of esters is 1. The molecular formula is C39H44N4O12. The Hall–Kier alpha value is -5.97. The van der Waals surface area contributed by atoms with E-state index >= 15 is 0 Å². The minimum absolute atomic E-state index is 0.0899. The molecule has 2 amide bonds. The monoisotopic (exact) mass is 760 g/mol. The number of amidine groups is 1. The zero-order valence-corrected chi connectivity index (χ0v) is 30.7. The largest absolute Gasteiger partial charge is 0.511 e. The number of nitrogens with one attached hydrogen (secondary N) is 1. The minimum atomic E-state index is -1.43. The maximum absolute atomic E-state index is 14.1. The second kappa shape index (κ2) is 19.4. The number of aliphatic hydroxyl groups is 3. The highest BCUT2D eigenvalue weighted by molar-refractivity contribution is 6.07. The van der Waals surface area contributed by atoms with Crippen LogP contribution in [0.1, 0.15) is 87.2 Å². The molecule has 1 aliphatic carbocycles. The second-order valence-corrected chi connectivity index (χ2v) is 12.9. The van der Waals surface area contributed by atoms with Gasteiger partial charge in [0.05, 0.1) is 19.3 Å². The SMILES string of the molecule is C=Cc1cc(C(=O)Cc2ccc(C(N)=NC(=O)OCC(O)CO)cc2)c(-c2ccc(C(=O)NCC3CC3)nc2C(=O)OC(C)OC(=O)OC(C)C)cc1CO. The number of Topliss-reactive ketones (excluding diaryl/α,β-unsaturated/α-hetero) is 1. The quantitative estimate of drug-likeness (QED) is 0.0329. The molecule has 0 bridgehead atoms. The van der Waals surface area contributed by atoms with Gasteiger partial charge in [0, 0.05) is 36.6 Å². The van der Waals surface area contributed by atoms with Gasteiger partial charge in [-0.15, -0.1) is 0 Å². The van der Waals surface area contributed by atoms with Crippen LogP contribution in [0.5, 0.6) is 0 Å². The van der Waals surface area contributed by atoms with Crippen molar-refractivity contribution in [2.45, 2.75) is 65.1 Å². The number of pyridine rings is 1. The molecule has 0 aliphatic heterocycles. The Morgan fingerprint density at radius 1 is 1.00 bits per heavy atom. The lowest BCUT2D eigenvalue weighted by molar-refractivity contribution is -0.0868. The van der Waals surface area contributed by atoms with Gasteiger partial charge in [-0.1, -0.05) is 36.9 Å². The molecule has 16 heteroatoms. The lowest BCUT2D eigenvalue weighted by Gasteiger charge is -2.18. The molecule has 3 aromatic rings. The van der Waals surface area contributed by atoms with E-state index in [4.69, 9.17) is 29.8 Å². The van der Waals surface area contributed by atoms with E-state index in [1.807, 2.05) is 0 Å². The molecule has 6 N–H and O–H groups in total. The molecule has 1 saturated carbocycles. The van der Waals surface area contributed by atoms with Crippen LogP contribution in [0.15, 0.2) is 60.1 Å². The third kappa shape index (κ3) is 12.0. The summed E-state index contributed by atoms with van der Waals surface area (Å²) in [4.78, 5) is 72.8. The first kappa shape index (κ1) is 41.8. The average molecular weight is 761 g/mol. The smallest absolute Gasteiger partial charge is 0.445 e. The summed E-state index contributed by atoms with van der Waals surface area (Å²) < 4.78 is 20.1. The molecule has 0 radical (unpaired) electrons. The fourth-order valence-electron chi connectivity index (χ4n) is 5.13. The van der Waals surface area contributed by atoms with Crippen LogP contribution < -0.4 is 11.1 Å². The molecule has 1 fully saturated rings. The molecule has 1 aromatic heterocycles. The highest BCUT2D eigenvalue weighted by atomic mass is 16.8. The normalized spacial score (nSPS) is 13.7. The number of carbonyl (C=O) groups excluding carboxylic acids is 5. The van der Waals surface area contributed by atoms with Crippen molar-refractivity contribution in [3.63, 3.8) is 0 Å². The molecule has 1 aliphatic rings. The number of hydrogen-bond donors (Lipinski definition) is 5. The summed E-state index contributed by atoms with van der Waals surface area (Å²) in [5.41, 5.74) is 7.58. The molecule has 2 atom stereocenters. The number of ether oxygens (including phenoxy) is 4. The van der Waals surface area contributed by atoms with Crippen molar-refractivity contribution in [2.24, 2.45) is 16.6 Å². The maximum Gasteiger partial charge on any atom is 0.511 e. The molecule has 292 valence electrons. The van der Waals surface area contributed by atoms with Crippen LogP contribution in [-0.4, -0.2) is 94.3 Å². The summed E-state index contributed by atoms with van der Waals surface area (Å²) in [5, 5.41) is 31.2. The van der Waals surface area contributed by atoms with Crippen LogP contribution in [0.3, 0.4) is 0 Å². The maximum atomic E-state index is 14.1. The van der Waals surface area contributed by atoms with E-state index in [0.717, 1.165) is 12.8 Å². The summed E-state index contributed by atoms with van der Waals surface area (Å²) in [5.74, 6) is -1.84. The topological polar surface area (TPSA) is 246 Å². The van der Waals surface area contributed by atoms with Gasteiger partial charge in [-0.05, 0) is 79.1 Å². The molecule has 0 saturated heterocycles. The highest BCUT2D eigenvalue weighted by Gasteiger charge is 2.28. The van der Waals surface area contributed by atoms with Gasteiger partial charge >= 0.3 is 18.2 Å². The Morgan fingerprint density at radius 2 is 1.71 bits per heavy atom. The van der Waals surface area contributed by atoms with Gasteiger partial charge in [-0.3, -0.25) is 9.59 Å². The van der Waals surface area contributed by atoms with Crippen LogP contribution in [0.25, 0.3) is 17.2 Å². The standard InChI is InChI=1S/C39H44N4O12/c1-5-25-15-31(33(47)14-23-8-10-26(11-9-23)35(40)43-38(50)52-20-28(46)19-45)30(16-27(25)18-44)29-12-13-32(36(48)41-17-24-6-7-24)42-34(29)37(49)54-22(4)55-39(51)53-21(2)3/h5,8-13,15-16,21-22,24,28,44-46H,1,6-7,14,17-20H2,2-4H3,(H,41,48)(H2,40,43,50). The zero-order valence-electron chi connectivity index (χ0n) is 30.7. The van der Waals surface area contributed by atoms with Gasteiger partial charge in [-0.25, -0.2) is 19.4 Å². The van der Waals surface area contributed by atoms with Crippen molar-refractivity contribution in [1.29, 1.82) is 0 Å². The van der Waals surface area contributed by atoms with Crippen molar-refractivity contribution in [2.75, 3.05) is 19.8 Å². The first-order chi connectivity index (χ1) is 26.2. The summed E-state index contributed by atoms with van der Waals surface area (Å²) >= 11 is 0. The number of ketones is 1. The number of aliphatic imine (C=N–C) groups is 1. The van der Waals surface area contributed by atoms with Gasteiger partial charge in [0.1, 0.15) is 24.2 Å². The van der Waals surface area contributed by atoms with E-state index in [1.165, 1.54) is 49.4 Å². The zero-order chi connectivity index (χ0) is 40.2. The molecule has 2 aromatic carbocycles. The van der Waals surface area contributed by atoms with E-state index in [9.17, 15) is 34.2 Å². The van der Waals surface area contributed by atoms with Crippen LogP contribution >= 0.6 is 0 Å². The summed E-state index contributed by atoms with van der Waals surface area (Å²) in [6.07, 6.45) is -2.02. The van der Waals surface area contributed by atoms with E-state index < -0.39 is 68.2 Å². The van der Waals surface area contributed by atoms with Gasteiger partial charge < -0.3 is 45.3 Å². The number of rotatable bonds is 17. The second-order valence-electron chi connectivity index (χ2n) is 12.9. The van der Waals surface area contributed by atoms with Crippen LogP contribution in [-0.2, 0) is 32.0 Å². The van der Waals surface area contributed by atoms with Crippen molar-refractivity contribution >= 4 is 41.8 Å². The molecule has 55 heavy (non-hydrogen) atoms. The third-order valence-electron chi connectivity index (χ3n) is 8.13. The molecule has 16 nitrogen and oxygen atoms in total. The van der Waals surface area contributed by atoms with Crippen LogP contribution in [0, 0.1) is 5.92 Å². The predicted octanol–water partition coefficient (Wildman–Crippen LogP) is 3.71. The molecule has 4 rings (SSSR count). The summed E-state index contributed by atoms with van der Waals surface area (Å²) in [6, 6.07) is 12.1. The van der Waals surface area contributed by atoms with Crippen molar-refractivity contribution < 1.29 is 58.2 Å². The predicted molar refractivity (Wildman–Crippen MR) is 198 cm³/mol. The van der Waals surface area contributed by atoms with E-state index in [-0.39, 0.29) is 40.3 Å². The Bertz CT molecular complexity index is 1940. The van der Waals surface area contributed by atoms with Crippen molar-refractivity contribution in [3.8, 4) is 11.1 Å². The summed E-state index contributed by atoms with van der Waals surface area (Å²) in [7, 11) is 0. The molecule has 2 unspecified atom stereocenters.